The minimum atomic E-state index is -0.976. The molecule has 0 amide bonds. The molecule has 32 heavy (non-hydrogen) atoms. The van der Waals surface area contributed by atoms with Gasteiger partial charge < -0.3 is 15.3 Å². The van der Waals surface area contributed by atoms with E-state index in [0.29, 0.717) is 22.7 Å². The normalized spacial score (nSPS) is 15.1. The lowest BCUT2D eigenvalue weighted by Gasteiger charge is -2.24. The Balaban J connectivity index is 1.79. The minimum absolute atomic E-state index is 0.211. The summed E-state index contributed by atoms with van der Waals surface area (Å²) in [6, 6.07) is 12.9. The molecule has 0 spiro atoms. The first kappa shape index (κ1) is 21.6. The molecule has 0 radical (unpaired) electrons. The van der Waals surface area contributed by atoms with Crippen LogP contribution in [0.2, 0.25) is 0 Å². The first-order chi connectivity index (χ1) is 15.5. The van der Waals surface area contributed by atoms with E-state index in [1.54, 1.807) is 18.2 Å². The van der Waals surface area contributed by atoms with Crippen LogP contribution in [-0.2, 0) is 0 Å². The van der Waals surface area contributed by atoms with Crippen molar-refractivity contribution in [2.75, 3.05) is 23.3 Å². The van der Waals surface area contributed by atoms with Gasteiger partial charge in [0, 0.05) is 24.3 Å². The third-order valence-electron chi connectivity index (χ3n) is 5.93. The Morgan fingerprint density at radius 2 is 1.88 bits per heavy atom. The van der Waals surface area contributed by atoms with Crippen molar-refractivity contribution in [3.8, 4) is 6.07 Å². The number of hydrogen-bond acceptors (Lipinski definition) is 6. The fraction of sp³-hybridized carbons (Fsp3) is 0.360. The van der Waals surface area contributed by atoms with Gasteiger partial charge in [0.2, 0.25) is 0 Å². The van der Waals surface area contributed by atoms with Gasteiger partial charge in [-0.2, -0.15) is 5.26 Å². The smallest absolute Gasteiger partial charge is 0.337 e. The maximum atomic E-state index is 11.6. The van der Waals surface area contributed by atoms with E-state index in [9.17, 15) is 15.2 Å². The van der Waals surface area contributed by atoms with E-state index in [2.05, 4.69) is 27.3 Å². The monoisotopic (exact) mass is 429 g/mol. The molecule has 0 bridgehead atoms. The number of benzene rings is 2. The third kappa shape index (κ3) is 4.35. The van der Waals surface area contributed by atoms with E-state index in [1.165, 1.54) is 12.8 Å². The number of aromatic nitrogens is 2. The number of aromatic carboxylic acids is 1. The number of anilines is 2. The van der Waals surface area contributed by atoms with Gasteiger partial charge in [0.25, 0.3) is 0 Å². The van der Waals surface area contributed by atoms with E-state index in [1.807, 2.05) is 26.0 Å². The molecule has 2 N–H and O–H groups in total. The molecule has 1 aliphatic heterocycles. The van der Waals surface area contributed by atoms with E-state index in [0.717, 1.165) is 42.6 Å². The fourth-order valence-corrected chi connectivity index (χ4v) is 4.34. The van der Waals surface area contributed by atoms with Crippen molar-refractivity contribution >= 4 is 28.5 Å². The van der Waals surface area contributed by atoms with Gasteiger partial charge in [-0.05, 0) is 50.5 Å². The summed E-state index contributed by atoms with van der Waals surface area (Å²) < 4.78 is 0. The summed E-state index contributed by atoms with van der Waals surface area (Å²) in [6.45, 7) is 5.71. The molecular formula is C25H27N5O2. The lowest BCUT2D eigenvalue weighted by molar-refractivity contribution is 0.0698. The van der Waals surface area contributed by atoms with Crippen LogP contribution < -0.4 is 10.2 Å². The topological polar surface area (TPSA) is 102 Å². The number of aryl methyl sites for hydroxylation is 1. The molecule has 2 heterocycles. The Bertz CT molecular complexity index is 1190. The molecule has 0 saturated carbocycles. The van der Waals surface area contributed by atoms with Gasteiger partial charge in [-0.25, -0.2) is 14.8 Å². The Kier molecular flexibility index (Phi) is 6.22. The number of rotatable bonds is 5. The van der Waals surface area contributed by atoms with Crippen molar-refractivity contribution in [1.29, 1.82) is 5.26 Å². The quantitative estimate of drug-likeness (QED) is 0.584. The van der Waals surface area contributed by atoms with Crippen molar-refractivity contribution in [1.82, 2.24) is 9.97 Å². The van der Waals surface area contributed by atoms with Gasteiger partial charge in [0.15, 0.2) is 11.5 Å². The average Bonchev–Trinajstić information content (AvgIpc) is 3.07. The molecule has 2 aromatic carbocycles. The third-order valence-corrected chi connectivity index (χ3v) is 5.93. The lowest BCUT2D eigenvalue weighted by Crippen LogP contribution is -2.26. The zero-order valence-corrected chi connectivity index (χ0v) is 18.4. The summed E-state index contributed by atoms with van der Waals surface area (Å²) >= 11 is 0. The summed E-state index contributed by atoms with van der Waals surface area (Å²) in [4.78, 5) is 23.4. The highest BCUT2D eigenvalue weighted by atomic mass is 16.4. The first-order valence-electron chi connectivity index (χ1n) is 11.0. The highest BCUT2D eigenvalue weighted by Crippen LogP contribution is 2.31. The molecule has 1 saturated heterocycles. The molecule has 164 valence electrons. The molecule has 7 nitrogen and oxygen atoms in total. The Morgan fingerprint density at radius 1 is 1.16 bits per heavy atom. The van der Waals surface area contributed by atoms with Crippen LogP contribution in [0.3, 0.4) is 0 Å². The van der Waals surface area contributed by atoms with Crippen molar-refractivity contribution in [2.45, 2.75) is 45.6 Å². The molecular weight excluding hydrogens is 402 g/mol. The second-order valence-corrected chi connectivity index (χ2v) is 8.35. The van der Waals surface area contributed by atoms with Crippen molar-refractivity contribution in [3.05, 3.63) is 58.8 Å². The largest absolute Gasteiger partial charge is 0.478 e. The number of carbonyl (C=O) groups is 1. The summed E-state index contributed by atoms with van der Waals surface area (Å²) in [7, 11) is 0. The Morgan fingerprint density at radius 3 is 2.56 bits per heavy atom. The maximum Gasteiger partial charge on any atom is 0.337 e. The van der Waals surface area contributed by atoms with E-state index in [-0.39, 0.29) is 11.6 Å². The Labute approximate surface area is 187 Å². The fourth-order valence-electron chi connectivity index (χ4n) is 4.34. The van der Waals surface area contributed by atoms with Gasteiger partial charge >= 0.3 is 5.97 Å². The van der Waals surface area contributed by atoms with Crippen LogP contribution in [0.4, 0.5) is 11.5 Å². The molecule has 7 heteroatoms. The van der Waals surface area contributed by atoms with Crippen molar-refractivity contribution < 1.29 is 9.90 Å². The van der Waals surface area contributed by atoms with Crippen LogP contribution in [0.25, 0.3) is 11.0 Å². The molecule has 1 fully saturated rings. The van der Waals surface area contributed by atoms with Gasteiger partial charge in [0.05, 0.1) is 22.6 Å². The van der Waals surface area contributed by atoms with Crippen LogP contribution in [0.15, 0.2) is 36.4 Å². The van der Waals surface area contributed by atoms with Gasteiger partial charge in [-0.3, -0.25) is 0 Å². The summed E-state index contributed by atoms with van der Waals surface area (Å²) in [6.07, 6.45) is 4.53. The zero-order chi connectivity index (χ0) is 22.7. The number of para-hydroxylation sites is 1. The average molecular weight is 430 g/mol. The predicted octanol–water partition coefficient (Wildman–Crippen LogP) is 5.06. The number of nitrogens with one attached hydrogen (secondary N) is 1. The number of nitriles is 1. The van der Waals surface area contributed by atoms with E-state index in [4.69, 9.17) is 4.98 Å². The number of hydrogen-bond donors (Lipinski definition) is 2. The molecule has 0 unspecified atom stereocenters. The highest BCUT2D eigenvalue weighted by molar-refractivity contribution is 5.94. The molecule has 1 atom stereocenters. The van der Waals surface area contributed by atoms with Gasteiger partial charge in [-0.15, -0.1) is 0 Å². The molecule has 3 aromatic rings. The van der Waals surface area contributed by atoms with Crippen molar-refractivity contribution in [2.24, 2.45) is 0 Å². The number of nitrogens with zero attached hydrogens (tertiary/aromatic N) is 4. The van der Waals surface area contributed by atoms with E-state index >= 15 is 0 Å². The van der Waals surface area contributed by atoms with Gasteiger partial charge in [0.1, 0.15) is 6.07 Å². The highest BCUT2D eigenvalue weighted by Gasteiger charge is 2.21. The van der Waals surface area contributed by atoms with Gasteiger partial charge in [-0.1, -0.05) is 31.0 Å². The van der Waals surface area contributed by atoms with E-state index < -0.39 is 5.97 Å². The number of fused-ring (bicyclic) bond motifs is 1. The van der Waals surface area contributed by atoms with Crippen LogP contribution in [0.5, 0.6) is 0 Å². The standard InChI is InChI=1S/C25H27N5O2/c1-16-13-19(17(2)27-20-10-6-5-9-18(20)25(31)32)23-21(14-16)28-22(15-26)24(29-23)30-11-7-3-4-8-12-30/h5-6,9-10,13-14,17,27H,3-4,7-8,11-12H2,1-2H3,(H,31,32)/t17-/m1/s1. The van der Waals surface area contributed by atoms with Crippen LogP contribution in [0, 0.1) is 18.3 Å². The number of carboxylic acid groups (broad SMARTS) is 1. The molecule has 0 aliphatic carbocycles. The van der Waals surface area contributed by atoms with Crippen LogP contribution in [-0.4, -0.2) is 34.1 Å². The SMILES string of the molecule is Cc1cc([C@@H](C)Nc2ccccc2C(=O)O)c2nc(N3CCCCCC3)c(C#N)nc2c1. The zero-order valence-electron chi connectivity index (χ0n) is 18.4. The summed E-state index contributed by atoms with van der Waals surface area (Å²) in [5.41, 5.74) is 4.47. The Hall–Kier alpha value is -3.66. The predicted molar refractivity (Wildman–Crippen MR) is 125 cm³/mol. The van der Waals surface area contributed by atoms with Crippen LogP contribution in [0.1, 0.15) is 65.8 Å². The lowest BCUT2D eigenvalue weighted by atomic mass is 10.0. The van der Waals surface area contributed by atoms with Crippen LogP contribution >= 0.6 is 0 Å². The molecule has 1 aliphatic rings. The minimum Gasteiger partial charge on any atom is -0.478 e. The second-order valence-electron chi connectivity index (χ2n) is 8.35. The number of carboxylic acids is 1. The van der Waals surface area contributed by atoms with Crippen molar-refractivity contribution in [3.63, 3.8) is 0 Å². The second kappa shape index (κ2) is 9.23. The summed E-state index contributed by atoms with van der Waals surface area (Å²) in [5, 5.41) is 22.6. The summed E-state index contributed by atoms with van der Waals surface area (Å²) in [5.74, 6) is -0.332. The molecule has 1 aromatic heterocycles. The maximum absolute atomic E-state index is 11.6. The first-order valence-corrected chi connectivity index (χ1v) is 11.0. The molecule has 4 rings (SSSR count).